The van der Waals surface area contributed by atoms with E-state index in [0.717, 1.165) is 18.4 Å². The first kappa shape index (κ1) is 13.0. The van der Waals surface area contributed by atoms with Crippen LogP contribution in [0.3, 0.4) is 0 Å². The molecule has 0 unspecified atom stereocenters. The summed E-state index contributed by atoms with van der Waals surface area (Å²) in [6.07, 6.45) is 6.20. The Bertz CT molecular complexity index is 464. The number of carbonyl (C=O) groups is 1. The van der Waals surface area contributed by atoms with Crippen LogP contribution in [0.4, 0.5) is 0 Å². The first-order valence-electron chi connectivity index (χ1n) is 5.99. The molecule has 1 fully saturated rings. The summed E-state index contributed by atoms with van der Waals surface area (Å²) in [7, 11) is 0. The Morgan fingerprint density at radius 2 is 2.28 bits per heavy atom. The van der Waals surface area contributed by atoms with Crippen molar-refractivity contribution in [3.63, 3.8) is 0 Å². The van der Waals surface area contributed by atoms with Crippen LogP contribution in [0.1, 0.15) is 24.8 Å². The molecule has 1 aromatic rings. The van der Waals surface area contributed by atoms with E-state index in [1.54, 1.807) is 18.2 Å². The monoisotopic (exact) mass is 266 g/mol. The highest BCUT2D eigenvalue weighted by molar-refractivity contribution is 6.32. The van der Waals surface area contributed by atoms with E-state index in [4.69, 9.17) is 21.4 Å². The van der Waals surface area contributed by atoms with Crippen molar-refractivity contribution >= 4 is 23.6 Å². The molecule has 96 valence electrons. The van der Waals surface area contributed by atoms with E-state index in [1.807, 2.05) is 0 Å². The van der Waals surface area contributed by atoms with Crippen molar-refractivity contribution < 1.29 is 14.6 Å². The average Bonchev–Trinajstić information content (AvgIpc) is 3.13. The Morgan fingerprint density at radius 1 is 1.50 bits per heavy atom. The molecule has 1 aromatic carbocycles. The van der Waals surface area contributed by atoms with Gasteiger partial charge in [0.1, 0.15) is 5.75 Å². The minimum Gasteiger partial charge on any atom is -0.491 e. The van der Waals surface area contributed by atoms with Crippen LogP contribution in [0, 0.1) is 5.92 Å². The molecular weight excluding hydrogens is 252 g/mol. The number of carboxylic acid groups (broad SMARTS) is 1. The van der Waals surface area contributed by atoms with E-state index in [9.17, 15) is 4.79 Å². The molecular formula is C14H15ClO3. The fraction of sp³-hybridized carbons (Fsp3) is 0.357. The lowest BCUT2D eigenvalue weighted by Crippen LogP contribution is -2.00. The van der Waals surface area contributed by atoms with Gasteiger partial charge >= 0.3 is 5.97 Å². The largest absolute Gasteiger partial charge is 0.491 e. The second-order valence-electron chi connectivity index (χ2n) is 4.41. The number of aliphatic carboxylic acids is 1. The van der Waals surface area contributed by atoms with E-state index >= 15 is 0 Å². The number of rotatable bonds is 6. The number of para-hydroxylation sites is 1. The van der Waals surface area contributed by atoms with Crippen molar-refractivity contribution in [1.82, 2.24) is 0 Å². The van der Waals surface area contributed by atoms with Gasteiger partial charge in [0.2, 0.25) is 0 Å². The minimum absolute atomic E-state index is 0.512. The summed E-state index contributed by atoms with van der Waals surface area (Å²) in [4.78, 5) is 10.5. The van der Waals surface area contributed by atoms with Crippen molar-refractivity contribution in [3.05, 3.63) is 34.9 Å². The summed E-state index contributed by atoms with van der Waals surface area (Å²) >= 11 is 6.07. The molecule has 0 heterocycles. The number of carboxylic acids is 1. The average molecular weight is 267 g/mol. The normalized spacial score (nSPS) is 14.9. The molecule has 0 aromatic heterocycles. The first-order valence-corrected chi connectivity index (χ1v) is 6.37. The molecule has 0 radical (unpaired) electrons. The zero-order chi connectivity index (χ0) is 13.0. The summed E-state index contributed by atoms with van der Waals surface area (Å²) in [6.45, 7) is 0.627. The number of halogens is 1. The zero-order valence-electron chi connectivity index (χ0n) is 9.93. The third-order valence-corrected chi connectivity index (χ3v) is 3.17. The fourth-order valence-corrected chi connectivity index (χ4v) is 1.94. The standard InChI is InChI=1S/C14H15ClO3/c15-12-3-1-2-11(6-7-13(16)17)14(12)18-9-8-10-4-5-10/h1-3,6-7,10H,4-5,8-9H2,(H,16,17)/b7-6+. The van der Waals surface area contributed by atoms with Gasteiger partial charge in [0.05, 0.1) is 11.6 Å². The number of ether oxygens (including phenoxy) is 1. The lowest BCUT2D eigenvalue weighted by atomic mass is 10.2. The SMILES string of the molecule is O=C(O)/C=C/c1cccc(Cl)c1OCCC1CC1. The molecule has 0 amide bonds. The number of benzene rings is 1. The third kappa shape index (κ3) is 3.77. The molecule has 0 bridgehead atoms. The van der Waals surface area contributed by atoms with Gasteiger partial charge in [0, 0.05) is 11.6 Å². The maximum Gasteiger partial charge on any atom is 0.328 e. The lowest BCUT2D eigenvalue weighted by Gasteiger charge is -2.10. The number of hydrogen-bond donors (Lipinski definition) is 1. The van der Waals surface area contributed by atoms with E-state index in [2.05, 4.69) is 0 Å². The molecule has 0 spiro atoms. The maximum absolute atomic E-state index is 10.5. The minimum atomic E-state index is -0.987. The Morgan fingerprint density at radius 3 is 2.94 bits per heavy atom. The van der Waals surface area contributed by atoms with Crippen LogP contribution in [0.25, 0.3) is 6.08 Å². The van der Waals surface area contributed by atoms with Crippen LogP contribution in [0.5, 0.6) is 5.75 Å². The van der Waals surface area contributed by atoms with Crippen molar-refractivity contribution in [2.75, 3.05) is 6.61 Å². The van der Waals surface area contributed by atoms with Crippen LogP contribution in [0.15, 0.2) is 24.3 Å². The summed E-state index contributed by atoms with van der Waals surface area (Å²) < 4.78 is 5.67. The van der Waals surface area contributed by atoms with Gasteiger partial charge in [-0.05, 0) is 24.5 Å². The van der Waals surface area contributed by atoms with Gasteiger partial charge in [-0.3, -0.25) is 0 Å². The summed E-state index contributed by atoms with van der Waals surface area (Å²) in [5.74, 6) is 0.377. The Hall–Kier alpha value is -1.48. The number of hydrogen-bond acceptors (Lipinski definition) is 2. The maximum atomic E-state index is 10.5. The summed E-state index contributed by atoms with van der Waals surface area (Å²) in [5.41, 5.74) is 0.695. The second kappa shape index (κ2) is 5.91. The Labute approximate surface area is 111 Å². The molecule has 1 aliphatic rings. The van der Waals surface area contributed by atoms with Crippen LogP contribution in [-0.2, 0) is 4.79 Å². The van der Waals surface area contributed by atoms with Crippen molar-refractivity contribution in [2.24, 2.45) is 5.92 Å². The fourth-order valence-electron chi connectivity index (χ4n) is 1.70. The molecule has 2 rings (SSSR count). The molecule has 4 heteroatoms. The van der Waals surface area contributed by atoms with Crippen molar-refractivity contribution in [1.29, 1.82) is 0 Å². The molecule has 0 saturated heterocycles. The molecule has 0 atom stereocenters. The molecule has 1 saturated carbocycles. The quantitative estimate of drug-likeness (QED) is 0.800. The highest BCUT2D eigenvalue weighted by Gasteiger charge is 2.21. The van der Waals surface area contributed by atoms with Crippen LogP contribution >= 0.6 is 11.6 Å². The predicted molar refractivity (Wildman–Crippen MR) is 71.0 cm³/mol. The topological polar surface area (TPSA) is 46.5 Å². The lowest BCUT2D eigenvalue weighted by molar-refractivity contribution is -0.131. The van der Waals surface area contributed by atoms with Gasteiger partial charge in [-0.15, -0.1) is 0 Å². The highest BCUT2D eigenvalue weighted by atomic mass is 35.5. The smallest absolute Gasteiger partial charge is 0.328 e. The summed E-state index contributed by atoms with van der Waals surface area (Å²) in [5, 5.41) is 9.14. The predicted octanol–water partition coefficient (Wildman–Crippen LogP) is 3.62. The van der Waals surface area contributed by atoms with Gasteiger partial charge in [-0.1, -0.05) is 36.6 Å². The highest BCUT2D eigenvalue weighted by Crippen LogP contribution is 2.34. The first-order chi connectivity index (χ1) is 8.66. The van der Waals surface area contributed by atoms with Gasteiger partial charge in [-0.25, -0.2) is 4.79 Å². The second-order valence-corrected chi connectivity index (χ2v) is 4.82. The molecule has 3 nitrogen and oxygen atoms in total. The molecule has 0 aliphatic heterocycles. The Balaban J connectivity index is 2.06. The molecule has 18 heavy (non-hydrogen) atoms. The van der Waals surface area contributed by atoms with Gasteiger partial charge in [-0.2, -0.15) is 0 Å². The van der Waals surface area contributed by atoms with Gasteiger partial charge in [0.25, 0.3) is 0 Å². The van der Waals surface area contributed by atoms with E-state index in [0.29, 0.717) is 22.9 Å². The molecule has 1 N–H and O–H groups in total. The van der Waals surface area contributed by atoms with Crippen molar-refractivity contribution in [3.8, 4) is 5.75 Å². The van der Waals surface area contributed by atoms with E-state index in [-0.39, 0.29) is 0 Å². The van der Waals surface area contributed by atoms with Crippen LogP contribution in [-0.4, -0.2) is 17.7 Å². The Kier molecular flexibility index (Phi) is 4.26. The van der Waals surface area contributed by atoms with Gasteiger partial charge < -0.3 is 9.84 Å². The molecule has 1 aliphatic carbocycles. The van der Waals surface area contributed by atoms with Crippen molar-refractivity contribution in [2.45, 2.75) is 19.3 Å². The third-order valence-electron chi connectivity index (χ3n) is 2.87. The summed E-state index contributed by atoms with van der Waals surface area (Å²) in [6, 6.07) is 5.31. The van der Waals surface area contributed by atoms with Gasteiger partial charge in [0.15, 0.2) is 0 Å². The van der Waals surface area contributed by atoms with Crippen LogP contribution in [0.2, 0.25) is 5.02 Å². The van der Waals surface area contributed by atoms with E-state index in [1.165, 1.54) is 18.9 Å². The van der Waals surface area contributed by atoms with E-state index < -0.39 is 5.97 Å². The van der Waals surface area contributed by atoms with Crippen LogP contribution < -0.4 is 4.74 Å². The zero-order valence-corrected chi connectivity index (χ0v) is 10.7.